The molecule has 7 heteroatoms. The van der Waals surface area contributed by atoms with E-state index in [2.05, 4.69) is 22.3 Å². The van der Waals surface area contributed by atoms with Crippen LogP contribution in [0.1, 0.15) is 47.4 Å². The van der Waals surface area contributed by atoms with Gasteiger partial charge in [-0.1, -0.05) is 6.92 Å². The number of nitrogens with one attached hydrogen (secondary N) is 1. The second-order valence-electron chi connectivity index (χ2n) is 4.56. The molecule has 0 amide bonds. The number of esters is 1. The molecule has 0 spiro atoms. The highest BCUT2D eigenvalue weighted by Crippen LogP contribution is 2.20. The van der Waals surface area contributed by atoms with E-state index in [0.717, 1.165) is 17.1 Å². The normalized spacial score (nSPS) is 12.3. The molecular weight excluding hydrogens is 288 g/mol. The molecule has 1 atom stereocenters. The first kappa shape index (κ1) is 15.7. The molecule has 2 aromatic rings. The van der Waals surface area contributed by atoms with Crippen molar-refractivity contribution in [2.45, 2.75) is 32.9 Å². The molecule has 1 unspecified atom stereocenters. The van der Waals surface area contributed by atoms with Crippen LogP contribution < -0.4 is 5.32 Å². The molecule has 0 saturated carbocycles. The number of thiazole rings is 1. The largest absolute Gasteiger partial charge is 0.462 e. The summed E-state index contributed by atoms with van der Waals surface area (Å²) in [7, 11) is 1.82. The van der Waals surface area contributed by atoms with Gasteiger partial charge < -0.3 is 10.1 Å². The van der Waals surface area contributed by atoms with E-state index in [0.29, 0.717) is 18.7 Å². The lowest BCUT2D eigenvalue weighted by molar-refractivity contribution is 0.0524. The van der Waals surface area contributed by atoms with Crippen LogP contribution in [0.2, 0.25) is 0 Å². The van der Waals surface area contributed by atoms with Crippen molar-refractivity contribution in [1.29, 1.82) is 0 Å². The molecule has 2 rings (SSSR count). The third kappa shape index (κ3) is 3.68. The number of aromatic nitrogens is 3. The Labute approximate surface area is 128 Å². The number of rotatable bonds is 7. The zero-order chi connectivity index (χ0) is 15.2. The Morgan fingerprint density at radius 3 is 2.95 bits per heavy atom. The van der Waals surface area contributed by atoms with Gasteiger partial charge in [-0.3, -0.25) is 4.68 Å². The molecule has 0 bridgehead atoms. The van der Waals surface area contributed by atoms with Crippen LogP contribution in [-0.4, -0.2) is 27.3 Å². The molecule has 0 aliphatic heterocycles. The fraction of sp³-hybridized carbons (Fsp3) is 0.500. The van der Waals surface area contributed by atoms with Crippen LogP contribution in [0.4, 0.5) is 0 Å². The third-order valence-electron chi connectivity index (χ3n) is 3.23. The number of hydrogen-bond donors (Lipinski definition) is 1. The molecule has 0 saturated heterocycles. The predicted octanol–water partition coefficient (Wildman–Crippen LogP) is 2.29. The van der Waals surface area contributed by atoms with Gasteiger partial charge in [0.1, 0.15) is 10.6 Å². The first-order valence-electron chi connectivity index (χ1n) is 6.98. The van der Waals surface area contributed by atoms with Crippen LogP contribution in [0.25, 0.3) is 0 Å². The highest BCUT2D eigenvalue weighted by Gasteiger charge is 2.19. The summed E-state index contributed by atoms with van der Waals surface area (Å²) in [5, 5.41) is 10.6. The van der Waals surface area contributed by atoms with E-state index >= 15 is 0 Å². The fourth-order valence-corrected chi connectivity index (χ4v) is 2.88. The minimum atomic E-state index is -0.329. The fourth-order valence-electron chi connectivity index (χ4n) is 2.08. The monoisotopic (exact) mass is 308 g/mol. The molecule has 0 fully saturated rings. The second-order valence-corrected chi connectivity index (χ2v) is 5.49. The van der Waals surface area contributed by atoms with Crippen molar-refractivity contribution in [1.82, 2.24) is 20.1 Å². The topological polar surface area (TPSA) is 69.0 Å². The van der Waals surface area contributed by atoms with E-state index in [1.54, 1.807) is 35.3 Å². The van der Waals surface area contributed by atoms with Gasteiger partial charge in [0, 0.05) is 25.2 Å². The minimum Gasteiger partial charge on any atom is -0.462 e. The lowest BCUT2D eigenvalue weighted by Gasteiger charge is -2.15. The first-order valence-corrected chi connectivity index (χ1v) is 7.86. The van der Waals surface area contributed by atoms with Crippen LogP contribution in [0, 0.1) is 0 Å². The van der Waals surface area contributed by atoms with Crippen LogP contribution in [0.3, 0.4) is 0 Å². The number of carbonyl (C=O) groups is 1. The first-order chi connectivity index (χ1) is 10.2. The standard InChI is InChI=1S/C14H20N4O2S/c1-4-11(13-15-6-7-21-13)16-9-12-10(8-17-18(12)3)14(19)20-5-2/h6-8,11,16H,4-5,9H2,1-3H3. The summed E-state index contributed by atoms with van der Waals surface area (Å²) in [6.07, 6.45) is 4.29. The van der Waals surface area contributed by atoms with Crippen molar-refractivity contribution >= 4 is 17.3 Å². The van der Waals surface area contributed by atoms with Gasteiger partial charge in [0.05, 0.1) is 24.5 Å². The molecule has 21 heavy (non-hydrogen) atoms. The van der Waals surface area contributed by atoms with Gasteiger partial charge in [-0.05, 0) is 13.3 Å². The molecule has 2 heterocycles. The molecule has 114 valence electrons. The van der Waals surface area contributed by atoms with Crippen LogP contribution >= 0.6 is 11.3 Å². The van der Waals surface area contributed by atoms with E-state index in [1.807, 2.05) is 12.4 Å². The summed E-state index contributed by atoms with van der Waals surface area (Å²) < 4.78 is 6.76. The van der Waals surface area contributed by atoms with Gasteiger partial charge in [0.15, 0.2) is 0 Å². The summed E-state index contributed by atoms with van der Waals surface area (Å²) in [4.78, 5) is 16.2. The molecule has 6 nitrogen and oxygen atoms in total. The maximum atomic E-state index is 11.9. The lowest BCUT2D eigenvalue weighted by Crippen LogP contribution is -2.23. The third-order valence-corrected chi connectivity index (χ3v) is 4.12. The number of carbonyl (C=O) groups excluding carboxylic acids is 1. The highest BCUT2D eigenvalue weighted by atomic mass is 32.1. The van der Waals surface area contributed by atoms with Gasteiger partial charge in [-0.2, -0.15) is 5.10 Å². The lowest BCUT2D eigenvalue weighted by atomic mass is 10.2. The Morgan fingerprint density at radius 2 is 2.33 bits per heavy atom. The molecule has 0 aliphatic carbocycles. The van der Waals surface area contributed by atoms with Gasteiger partial charge in [0.2, 0.25) is 0 Å². The summed E-state index contributed by atoms with van der Waals surface area (Å²) in [6.45, 7) is 4.80. The molecular formula is C14H20N4O2S. The number of hydrogen-bond acceptors (Lipinski definition) is 6. The Bertz CT molecular complexity index is 580. The average Bonchev–Trinajstić information content (AvgIpc) is 3.11. The molecule has 0 radical (unpaired) electrons. The van der Waals surface area contributed by atoms with Crippen LogP contribution in [-0.2, 0) is 18.3 Å². The van der Waals surface area contributed by atoms with Crippen molar-refractivity contribution in [2.75, 3.05) is 6.61 Å². The summed E-state index contributed by atoms with van der Waals surface area (Å²) in [5.41, 5.74) is 1.34. The van der Waals surface area contributed by atoms with Crippen molar-refractivity contribution in [3.63, 3.8) is 0 Å². The SMILES string of the molecule is CCOC(=O)c1cnn(C)c1CNC(CC)c1nccs1. The van der Waals surface area contributed by atoms with Crippen molar-refractivity contribution in [3.8, 4) is 0 Å². The minimum absolute atomic E-state index is 0.176. The van der Waals surface area contributed by atoms with Crippen molar-refractivity contribution in [3.05, 3.63) is 34.0 Å². The zero-order valence-electron chi connectivity index (χ0n) is 12.5. The van der Waals surface area contributed by atoms with Gasteiger partial charge >= 0.3 is 5.97 Å². The van der Waals surface area contributed by atoms with Crippen molar-refractivity contribution < 1.29 is 9.53 Å². The van der Waals surface area contributed by atoms with E-state index in [4.69, 9.17) is 4.74 Å². The molecule has 0 aromatic carbocycles. The maximum absolute atomic E-state index is 11.9. The summed E-state index contributed by atoms with van der Waals surface area (Å²) in [5.74, 6) is -0.329. The van der Waals surface area contributed by atoms with Crippen molar-refractivity contribution in [2.24, 2.45) is 7.05 Å². The van der Waals surface area contributed by atoms with Gasteiger partial charge in [-0.15, -0.1) is 11.3 Å². The predicted molar refractivity (Wildman–Crippen MR) is 81.2 cm³/mol. The Morgan fingerprint density at radius 1 is 1.52 bits per heavy atom. The second kappa shape index (κ2) is 7.33. The van der Waals surface area contributed by atoms with E-state index in [1.165, 1.54) is 0 Å². The Kier molecular flexibility index (Phi) is 5.46. The summed E-state index contributed by atoms with van der Waals surface area (Å²) in [6, 6.07) is 0.176. The van der Waals surface area contributed by atoms with Crippen LogP contribution in [0.15, 0.2) is 17.8 Å². The highest BCUT2D eigenvalue weighted by molar-refractivity contribution is 7.09. The van der Waals surface area contributed by atoms with Gasteiger partial charge in [0.25, 0.3) is 0 Å². The molecule has 2 aromatic heterocycles. The summed E-state index contributed by atoms with van der Waals surface area (Å²) >= 11 is 1.63. The van der Waals surface area contributed by atoms with Crippen LogP contribution in [0.5, 0.6) is 0 Å². The molecule has 0 aliphatic rings. The number of aryl methyl sites for hydroxylation is 1. The number of nitrogens with zero attached hydrogens (tertiary/aromatic N) is 3. The number of ether oxygens (including phenoxy) is 1. The van der Waals surface area contributed by atoms with E-state index < -0.39 is 0 Å². The van der Waals surface area contributed by atoms with E-state index in [-0.39, 0.29) is 12.0 Å². The maximum Gasteiger partial charge on any atom is 0.341 e. The molecule has 1 N–H and O–H groups in total. The average molecular weight is 308 g/mol. The quantitative estimate of drug-likeness (QED) is 0.795. The van der Waals surface area contributed by atoms with E-state index in [9.17, 15) is 4.79 Å². The van der Waals surface area contributed by atoms with Gasteiger partial charge in [-0.25, -0.2) is 9.78 Å². The Balaban J connectivity index is 2.09. The smallest absolute Gasteiger partial charge is 0.341 e. The zero-order valence-corrected chi connectivity index (χ0v) is 13.3. The Hall–Kier alpha value is -1.73.